The van der Waals surface area contributed by atoms with Gasteiger partial charge in [0, 0.05) is 55.7 Å². The summed E-state index contributed by atoms with van der Waals surface area (Å²) in [7, 11) is -3.43. The molecule has 2 heterocycles. The summed E-state index contributed by atoms with van der Waals surface area (Å²) in [5, 5.41) is 28.6. The Morgan fingerprint density at radius 1 is 1.17 bits per heavy atom. The second kappa shape index (κ2) is 5.91. The van der Waals surface area contributed by atoms with Crippen molar-refractivity contribution >= 4 is 9.84 Å². The lowest BCUT2D eigenvalue weighted by Crippen LogP contribution is -2.31. The van der Waals surface area contributed by atoms with Crippen molar-refractivity contribution in [3.05, 3.63) is 35.2 Å². The molecule has 0 aliphatic carbocycles. The lowest BCUT2D eigenvalue weighted by atomic mass is 10.1. The highest BCUT2D eigenvalue weighted by molar-refractivity contribution is 7.90. The van der Waals surface area contributed by atoms with Crippen molar-refractivity contribution in [2.24, 2.45) is 0 Å². The van der Waals surface area contributed by atoms with Gasteiger partial charge in [0.1, 0.15) is 5.75 Å². The normalized spacial score (nSPS) is 15.2. The molecule has 24 heavy (non-hydrogen) atoms. The van der Waals surface area contributed by atoms with Crippen LogP contribution in [0.1, 0.15) is 16.8 Å². The van der Waals surface area contributed by atoms with E-state index in [1.807, 2.05) is 4.90 Å². The summed E-state index contributed by atoms with van der Waals surface area (Å²) in [5.74, 6) is -0.761. The van der Waals surface area contributed by atoms with Crippen molar-refractivity contribution in [3.8, 4) is 17.2 Å². The van der Waals surface area contributed by atoms with Gasteiger partial charge >= 0.3 is 0 Å². The number of phenols is 3. The minimum atomic E-state index is -3.43. The number of phenolic OH excluding ortho intramolecular Hbond substituents is 3. The first-order valence-electron chi connectivity index (χ1n) is 7.25. The molecule has 128 valence electrons. The van der Waals surface area contributed by atoms with Crippen molar-refractivity contribution in [1.82, 2.24) is 14.9 Å². The van der Waals surface area contributed by atoms with Gasteiger partial charge in [-0.15, -0.1) is 0 Å². The van der Waals surface area contributed by atoms with E-state index in [4.69, 9.17) is 0 Å². The topological polar surface area (TPSA) is 124 Å². The lowest BCUT2D eigenvalue weighted by Gasteiger charge is -2.28. The largest absolute Gasteiger partial charge is 0.507 e. The Kier molecular flexibility index (Phi) is 4.06. The highest BCUT2D eigenvalue weighted by atomic mass is 32.2. The van der Waals surface area contributed by atoms with Gasteiger partial charge in [-0.25, -0.2) is 18.4 Å². The van der Waals surface area contributed by atoms with Crippen molar-refractivity contribution in [2.75, 3.05) is 12.8 Å². The van der Waals surface area contributed by atoms with Gasteiger partial charge in [-0.05, 0) is 6.07 Å². The van der Waals surface area contributed by atoms with Crippen molar-refractivity contribution in [2.45, 2.75) is 24.7 Å². The van der Waals surface area contributed by atoms with Gasteiger partial charge in [0.15, 0.2) is 11.5 Å². The molecule has 1 aromatic heterocycles. The number of nitrogens with zero attached hydrogens (tertiary/aromatic N) is 3. The van der Waals surface area contributed by atoms with Crippen LogP contribution >= 0.6 is 0 Å². The first-order chi connectivity index (χ1) is 11.2. The predicted octanol–water partition coefficient (Wildman–Crippen LogP) is 0.555. The lowest BCUT2D eigenvalue weighted by molar-refractivity contribution is 0.238. The molecule has 1 aromatic carbocycles. The summed E-state index contributed by atoms with van der Waals surface area (Å²) >= 11 is 0. The first-order valence-corrected chi connectivity index (χ1v) is 9.14. The van der Waals surface area contributed by atoms with E-state index >= 15 is 0 Å². The molecular formula is C15H17N3O5S. The Hall–Kier alpha value is -2.39. The molecule has 3 rings (SSSR count). The zero-order valence-electron chi connectivity index (χ0n) is 13.0. The van der Waals surface area contributed by atoms with Gasteiger partial charge in [0.2, 0.25) is 15.0 Å². The maximum atomic E-state index is 11.5. The summed E-state index contributed by atoms with van der Waals surface area (Å²) in [6, 6.07) is 2.42. The van der Waals surface area contributed by atoms with Crippen LogP contribution in [0.4, 0.5) is 0 Å². The van der Waals surface area contributed by atoms with Crippen LogP contribution in [0.5, 0.6) is 17.2 Å². The quantitative estimate of drug-likeness (QED) is 0.416. The van der Waals surface area contributed by atoms with Crippen molar-refractivity contribution in [3.63, 3.8) is 0 Å². The Bertz CT molecular complexity index is 898. The van der Waals surface area contributed by atoms with Gasteiger partial charge in [0.05, 0.1) is 5.69 Å². The van der Waals surface area contributed by atoms with E-state index in [-0.39, 0.29) is 22.4 Å². The molecule has 0 atom stereocenters. The predicted molar refractivity (Wildman–Crippen MR) is 84.4 cm³/mol. The molecule has 0 saturated carbocycles. The molecule has 0 fully saturated rings. The van der Waals surface area contributed by atoms with Crippen LogP contribution in [0, 0.1) is 0 Å². The SMILES string of the molecule is CS(=O)(=O)c1ncc2c(n1)CCN(Cc1cc(O)c(O)cc1O)C2. The van der Waals surface area contributed by atoms with Crippen LogP contribution in [0.15, 0.2) is 23.5 Å². The van der Waals surface area contributed by atoms with Gasteiger partial charge in [0.25, 0.3) is 0 Å². The van der Waals surface area contributed by atoms with Crippen LogP contribution in [-0.4, -0.2) is 51.4 Å². The van der Waals surface area contributed by atoms with Crippen LogP contribution in [0.3, 0.4) is 0 Å². The Morgan fingerprint density at radius 2 is 1.88 bits per heavy atom. The summed E-state index contributed by atoms with van der Waals surface area (Å²) in [5.41, 5.74) is 2.03. The molecule has 9 heteroatoms. The van der Waals surface area contributed by atoms with E-state index < -0.39 is 9.84 Å². The number of benzene rings is 1. The molecule has 0 spiro atoms. The maximum Gasteiger partial charge on any atom is 0.246 e. The van der Waals surface area contributed by atoms with Crippen LogP contribution in [-0.2, 0) is 29.3 Å². The zero-order chi connectivity index (χ0) is 17.5. The van der Waals surface area contributed by atoms with Gasteiger partial charge in [-0.2, -0.15) is 0 Å². The molecule has 1 aliphatic heterocycles. The third kappa shape index (κ3) is 3.26. The molecular weight excluding hydrogens is 334 g/mol. The second-order valence-corrected chi connectivity index (χ2v) is 7.74. The molecule has 0 amide bonds. The maximum absolute atomic E-state index is 11.5. The smallest absolute Gasteiger partial charge is 0.246 e. The first kappa shape index (κ1) is 16.5. The third-order valence-electron chi connectivity index (χ3n) is 3.89. The van der Waals surface area contributed by atoms with E-state index in [1.54, 1.807) is 0 Å². The Labute approximate surface area is 139 Å². The zero-order valence-corrected chi connectivity index (χ0v) is 13.8. The standard InChI is InChI=1S/C15H17N3O5S/c1-24(22,23)15-16-6-10-8-18(3-2-11(10)17-15)7-9-4-13(20)14(21)5-12(9)19/h4-6,19-21H,2-3,7-8H2,1H3. The van der Waals surface area contributed by atoms with Gasteiger partial charge < -0.3 is 15.3 Å². The Balaban J connectivity index is 1.80. The average Bonchev–Trinajstić information content (AvgIpc) is 2.51. The van der Waals surface area contributed by atoms with Crippen LogP contribution in [0.25, 0.3) is 0 Å². The summed E-state index contributed by atoms with van der Waals surface area (Å²) in [6.07, 6.45) is 3.15. The van der Waals surface area contributed by atoms with Crippen molar-refractivity contribution in [1.29, 1.82) is 0 Å². The van der Waals surface area contributed by atoms with E-state index in [0.717, 1.165) is 17.9 Å². The minimum Gasteiger partial charge on any atom is -0.507 e. The molecule has 1 aliphatic rings. The fraction of sp³-hybridized carbons (Fsp3) is 0.333. The van der Waals surface area contributed by atoms with Gasteiger partial charge in [-0.1, -0.05) is 0 Å². The molecule has 0 bridgehead atoms. The number of aromatic hydroxyl groups is 3. The number of hydrogen-bond acceptors (Lipinski definition) is 8. The average molecular weight is 351 g/mol. The molecule has 0 unspecified atom stereocenters. The monoisotopic (exact) mass is 351 g/mol. The Morgan fingerprint density at radius 3 is 2.58 bits per heavy atom. The van der Waals surface area contributed by atoms with Crippen LogP contribution in [0.2, 0.25) is 0 Å². The highest BCUT2D eigenvalue weighted by Crippen LogP contribution is 2.33. The number of rotatable bonds is 3. The van der Waals surface area contributed by atoms with E-state index in [2.05, 4.69) is 9.97 Å². The minimum absolute atomic E-state index is 0.0974. The van der Waals surface area contributed by atoms with E-state index in [9.17, 15) is 23.7 Å². The van der Waals surface area contributed by atoms with E-state index in [0.29, 0.717) is 37.3 Å². The van der Waals surface area contributed by atoms with Crippen molar-refractivity contribution < 1.29 is 23.7 Å². The third-order valence-corrected chi connectivity index (χ3v) is 4.75. The van der Waals surface area contributed by atoms with Crippen LogP contribution < -0.4 is 0 Å². The fourth-order valence-electron chi connectivity index (χ4n) is 2.65. The summed E-state index contributed by atoms with van der Waals surface area (Å²) in [4.78, 5) is 10.0. The summed E-state index contributed by atoms with van der Waals surface area (Å²) < 4.78 is 23.0. The number of aromatic nitrogens is 2. The highest BCUT2D eigenvalue weighted by Gasteiger charge is 2.22. The molecule has 0 radical (unpaired) electrons. The molecule has 3 N–H and O–H groups in total. The van der Waals surface area contributed by atoms with E-state index in [1.165, 1.54) is 12.3 Å². The summed E-state index contributed by atoms with van der Waals surface area (Å²) in [6.45, 7) is 1.49. The second-order valence-electron chi connectivity index (χ2n) is 5.83. The molecule has 8 nitrogen and oxygen atoms in total. The fourth-order valence-corrected chi connectivity index (χ4v) is 3.17. The number of fused-ring (bicyclic) bond motifs is 1. The molecule has 0 saturated heterocycles. The van der Waals surface area contributed by atoms with Gasteiger partial charge in [-0.3, -0.25) is 4.90 Å². The molecule has 2 aromatic rings. The number of hydrogen-bond donors (Lipinski definition) is 3. The number of sulfone groups is 1.